The predicted molar refractivity (Wildman–Crippen MR) is 93.7 cm³/mol. The number of ether oxygens (including phenoxy) is 1. The summed E-state index contributed by atoms with van der Waals surface area (Å²) >= 11 is 0. The Labute approximate surface area is 151 Å². The summed E-state index contributed by atoms with van der Waals surface area (Å²) in [6.45, 7) is 2.36. The van der Waals surface area contributed by atoms with E-state index in [9.17, 15) is 9.59 Å². The third-order valence-corrected chi connectivity index (χ3v) is 4.75. The first-order valence-electron chi connectivity index (χ1n) is 8.87. The summed E-state index contributed by atoms with van der Waals surface area (Å²) in [5.74, 6) is -0.354. The molecule has 8 nitrogen and oxygen atoms in total. The highest BCUT2D eigenvalue weighted by Gasteiger charge is 2.30. The topological polar surface area (TPSA) is 80.6 Å². The minimum atomic E-state index is -0.260. The summed E-state index contributed by atoms with van der Waals surface area (Å²) in [5, 5.41) is 8.00. The molecule has 2 aliphatic rings. The summed E-state index contributed by atoms with van der Waals surface area (Å²) in [6, 6.07) is 9.49. The highest BCUT2D eigenvalue weighted by Crippen LogP contribution is 2.18. The van der Waals surface area contributed by atoms with Gasteiger partial charge in [-0.15, -0.1) is 5.10 Å². The highest BCUT2D eigenvalue weighted by atomic mass is 16.5. The number of carbonyl (C=O) groups is 2. The lowest BCUT2D eigenvalue weighted by Crippen LogP contribution is -2.52. The quantitative estimate of drug-likeness (QED) is 0.816. The summed E-state index contributed by atoms with van der Waals surface area (Å²) in [6.07, 6.45) is 3.83. The molecule has 2 aliphatic heterocycles. The molecule has 2 fully saturated rings. The molecule has 1 aromatic heterocycles. The molecule has 1 atom stereocenters. The molecule has 3 heterocycles. The fourth-order valence-electron chi connectivity index (χ4n) is 3.37. The zero-order chi connectivity index (χ0) is 17.9. The zero-order valence-corrected chi connectivity index (χ0v) is 14.5. The number of rotatable bonds is 4. The van der Waals surface area contributed by atoms with Gasteiger partial charge >= 0.3 is 0 Å². The summed E-state index contributed by atoms with van der Waals surface area (Å²) in [4.78, 5) is 28.3. The van der Waals surface area contributed by atoms with Crippen LogP contribution in [0.1, 0.15) is 23.3 Å². The molecule has 0 saturated carbocycles. The number of piperazine rings is 1. The van der Waals surface area contributed by atoms with E-state index < -0.39 is 0 Å². The van der Waals surface area contributed by atoms with Crippen LogP contribution >= 0.6 is 0 Å². The van der Waals surface area contributed by atoms with Gasteiger partial charge in [0.05, 0.1) is 18.8 Å². The maximum Gasteiger partial charge on any atom is 0.276 e. The maximum atomic E-state index is 12.6. The van der Waals surface area contributed by atoms with Crippen LogP contribution in [0.2, 0.25) is 0 Å². The SMILES string of the molecule is O=C(c1cn(C[C@@H]2CCCO2)nn1)N1CCN(c2ccccc2)C(=O)C1. The second-order valence-corrected chi connectivity index (χ2v) is 6.57. The molecule has 0 spiro atoms. The van der Waals surface area contributed by atoms with Crippen molar-refractivity contribution < 1.29 is 14.3 Å². The van der Waals surface area contributed by atoms with Gasteiger partial charge in [0.2, 0.25) is 5.91 Å². The molecule has 0 aliphatic carbocycles. The zero-order valence-electron chi connectivity index (χ0n) is 14.5. The van der Waals surface area contributed by atoms with Gasteiger partial charge in [0.1, 0.15) is 6.54 Å². The number of carbonyl (C=O) groups excluding carboxylic acids is 2. The Balaban J connectivity index is 1.38. The number of aromatic nitrogens is 3. The number of anilines is 1. The van der Waals surface area contributed by atoms with E-state index in [1.165, 1.54) is 4.90 Å². The second kappa shape index (κ2) is 7.25. The van der Waals surface area contributed by atoms with Crippen molar-refractivity contribution >= 4 is 17.5 Å². The number of nitrogens with zero attached hydrogens (tertiary/aromatic N) is 5. The van der Waals surface area contributed by atoms with E-state index in [-0.39, 0.29) is 30.2 Å². The van der Waals surface area contributed by atoms with Gasteiger partial charge in [0, 0.05) is 25.4 Å². The van der Waals surface area contributed by atoms with Crippen molar-refractivity contribution in [2.75, 3.05) is 31.1 Å². The molecule has 2 aromatic rings. The van der Waals surface area contributed by atoms with Gasteiger partial charge in [0.15, 0.2) is 5.69 Å². The van der Waals surface area contributed by atoms with Gasteiger partial charge in [-0.2, -0.15) is 0 Å². The Morgan fingerprint density at radius 2 is 2.08 bits per heavy atom. The van der Waals surface area contributed by atoms with Crippen molar-refractivity contribution in [3.05, 3.63) is 42.2 Å². The van der Waals surface area contributed by atoms with Gasteiger partial charge < -0.3 is 14.5 Å². The molecule has 4 rings (SSSR count). The minimum Gasteiger partial charge on any atom is -0.376 e. The van der Waals surface area contributed by atoms with Crippen molar-refractivity contribution in [1.82, 2.24) is 19.9 Å². The van der Waals surface area contributed by atoms with Crippen molar-refractivity contribution in [2.24, 2.45) is 0 Å². The Morgan fingerprint density at radius 3 is 2.81 bits per heavy atom. The van der Waals surface area contributed by atoms with Gasteiger partial charge in [-0.05, 0) is 25.0 Å². The summed E-state index contributed by atoms with van der Waals surface area (Å²) in [7, 11) is 0. The lowest BCUT2D eigenvalue weighted by Gasteiger charge is -2.33. The number of hydrogen-bond donors (Lipinski definition) is 0. The largest absolute Gasteiger partial charge is 0.376 e. The van der Waals surface area contributed by atoms with Gasteiger partial charge in [-0.1, -0.05) is 23.4 Å². The lowest BCUT2D eigenvalue weighted by molar-refractivity contribution is -0.120. The molecule has 26 heavy (non-hydrogen) atoms. The monoisotopic (exact) mass is 355 g/mol. The average Bonchev–Trinajstić information content (AvgIpc) is 3.34. The predicted octanol–water partition coefficient (Wildman–Crippen LogP) is 0.946. The minimum absolute atomic E-state index is 0.0479. The van der Waals surface area contributed by atoms with Crippen molar-refractivity contribution in [3.63, 3.8) is 0 Å². The van der Waals surface area contributed by atoms with Gasteiger partial charge in [0.25, 0.3) is 5.91 Å². The summed E-state index contributed by atoms with van der Waals surface area (Å²) in [5.41, 5.74) is 1.12. The average molecular weight is 355 g/mol. The van der Waals surface area contributed by atoms with E-state index in [0.29, 0.717) is 19.6 Å². The van der Waals surface area contributed by atoms with E-state index in [4.69, 9.17) is 4.74 Å². The molecule has 0 bridgehead atoms. The standard InChI is InChI=1S/C18H21N5O3/c24-17-13-21(8-9-23(17)14-5-2-1-3-6-14)18(25)16-12-22(20-19-16)11-15-7-4-10-26-15/h1-3,5-6,12,15H,4,7-11,13H2/t15-/m0/s1. The van der Waals surface area contributed by atoms with Crippen LogP contribution in [-0.2, 0) is 16.1 Å². The molecule has 1 aromatic carbocycles. The fraction of sp³-hybridized carbons (Fsp3) is 0.444. The number of benzene rings is 1. The molecule has 0 unspecified atom stereocenters. The van der Waals surface area contributed by atoms with Crippen molar-refractivity contribution in [1.29, 1.82) is 0 Å². The first-order valence-corrected chi connectivity index (χ1v) is 8.87. The first-order chi connectivity index (χ1) is 12.7. The van der Waals surface area contributed by atoms with Gasteiger partial charge in [-0.25, -0.2) is 4.68 Å². The van der Waals surface area contributed by atoms with Crippen LogP contribution in [0.3, 0.4) is 0 Å². The highest BCUT2D eigenvalue weighted by molar-refractivity contribution is 6.00. The van der Waals surface area contributed by atoms with Crippen LogP contribution in [0.4, 0.5) is 5.69 Å². The lowest BCUT2D eigenvalue weighted by atomic mass is 10.2. The molecular formula is C18H21N5O3. The molecule has 0 radical (unpaired) electrons. The van der Waals surface area contributed by atoms with Crippen LogP contribution < -0.4 is 4.90 Å². The molecular weight excluding hydrogens is 334 g/mol. The molecule has 0 N–H and O–H groups in total. The second-order valence-electron chi connectivity index (χ2n) is 6.57. The summed E-state index contributed by atoms with van der Waals surface area (Å²) < 4.78 is 7.22. The number of para-hydroxylation sites is 1. The molecule has 2 saturated heterocycles. The van der Waals surface area contributed by atoms with Gasteiger partial charge in [-0.3, -0.25) is 9.59 Å². The third kappa shape index (κ3) is 3.45. The Morgan fingerprint density at radius 1 is 1.23 bits per heavy atom. The Hall–Kier alpha value is -2.74. The third-order valence-electron chi connectivity index (χ3n) is 4.75. The fourth-order valence-corrected chi connectivity index (χ4v) is 3.37. The van der Waals surface area contributed by atoms with Crippen LogP contribution in [-0.4, -0.2) is 64.1 Å². The van der Waals surface area contributed by atoms with Crippen molar-refractivity contribution in [3.8, 4) is 0 Å². The van der Waals surface area contributed by atoms with E-state index in [2.05, 4.69) is 10.3 Å². The maximum absolute atomic E-state index is 12.6. The van der Waals surface area contributed by atoms with Crippen LogP contribution in [0.5, 0.6) is 0 Å². The van der Waals surface area contributed by atoms with E-state index in [1.807, 2.05) is 30.3 Å². The van der Waals surface area contributed by atoms with Crippen molar-refractivity contribution in [2.45, 2.75) is 25.5 Å². The van der Waals surface area contributed by atoms with Crippen LogP contribution in [0.15, 0.2) is 36.5 Å². The molecule has 136 valence electrons. The van der Waals surface area contributed by atoms with E-state index >= 15 is 0 Å². The van der Waals surface area contributed by atoms with Crippen LogP contribution in [0, 0.1) is 0 Å². The number of amides is 2. The molecule has 8 heteroatoms. The van der Waals surface area contributed by atoms with E-state index in [0.717, 1.165) is 25.1 Å². The normalized spacial score (nSPS) is 20.6. The smallest absolute Gasteiger partial charge is 0.276 e. The van der Waals surface area contributed by atoms with Crippen LogP contribution in [0.25, 0.3) is 0 Å². The first kappa shape index (κ1) is 16.7. The Kier molecular flexibility index (Phi) is 4.66. The Bertz CT molecular complexity index is 785. The number of hydrogen-bond acceptors (Lipinski definition) is 5. The van der Waals surface area contributed by atoms with E-state index in [1.54, 1.807) is 15.8 Å². The molecule has 2 amide bonds.